The molecule has 1 aromatic carbocycles. The van der Waals surface area contributed by atoms with Crippen LogP contribution in [0.2, 0.25) is 0 Å². The molecule has 1 unspecified atom stereocenters. The first-order valence-electron chi connectivity index (χ1n) is 7.37. The van der Waals surface area contributed by atoms with Gasteiger partial charge in [0.15, 0.2) is 0 Å². The van der Waals surface area contributed by atoms with Crippen molar-refractivity contribution in [2.24, 2.45) is 7.05 Å². The summed E-state index contributed by atoms with van der Waals surface area (Å²) < 4.78 is 2.01. The van der Waals surface area contributed by atoms with Crippen LogP contribution in [0.3, 0.4) is 0 Å². The zero-order valence-corrected chi connectivity index (χ0v) is 13.0. The molecule has 0 bridgehead atoms. The fourth-order valence-electron chi connectivity index (χ4n) is 2.76. The minimum Gasteiger partial charge on any atom is -0.316 e. The highest BCUT2D eigenvalue weighted by Crippen LogP contribution is 2.23. The molecule has 108 valence electrons. The minimum atomic E-state index is 0.492. The number of aryl methyl sites for hydroxylation is 3. The molecule has 1 N–H and O–H groups in total. The van der Waals surface area contributed by atoms with E-state index in [4.69, 9.17) is 0 Å². The predicted octanol–water partition coefficient (Wildman–Crippen LogP) is 2.97. The molecule has 0 saturated carbocycles. The highest BCUT2D eigenvalue weighted by molar-refractivity contribution is 5.31. The third kappa shape index (κ3) is 3.48. The second-order valence-corrected chi connectivity index (χ2v) is 5.47. The van der Waals surface area contributed by atoms with Crippen LogP contribution >= 0.6 is 0 Å². The minimum absolute atomic E-state index is 0.492. The van der Waals surface area contributed by atoms with Crippen molar-refractivity contribution < 1.29 is 0 Å². The smallest absolute Gasteiger partial charge is 0.0596 e. The van der Waals surface area contributed by atoms with Gasteiger partial charge in [-0.1, -0.05) is 31.2 Å². The standard InChI is InChI=1S/C17H25N3/c1-5-18-12-15(17-9-7-6-8-13(17)2)11-16-10-14(3)19-20(16)4/h6-10,15,18H,5,11-12H2,1-4H3. The van der Waals surface area contributed by atoms with Crippen molar-refractivity contribution in [3.8, 4) is 0 Å². The molecular formula is C17H25N3. The van der Waals surface area contributed by atoms with Crippen molar-refractivity contribution >= 4 is 0 Å². The Bertz CT molecular complexity index is 557. The van der Waals surface area contributed by atoms with Gasteiger partial charge >= 0.3 is 0 Å². The summed E-state index contributed by atoms with van der Waals surface area (Å²) in [6.07, 6.45) is 1.02. The molecule has 1 heterocycles. The molecule has 2 aromatic rings. The molecule has 1 aromatic heterocycles. The Balaban J connectivity index is 2.24. The predicted molar refractivity (Wildman–Crippen MR) is 84.1 cm³/mol. The van der Waals surface area contributed by atoms with Crippen LogP contribution in [0.5, 0.6) is 0 Å². The van der Waals surface area contributed by atoms with Crippen LogP contribution in [0, 0.1) is 13.8 Å². The van der Waals surface area contributed by atoms with Crippen LogP contribution in [0.4, 0.5) is 0 Å². The van der Waals surface area contributed by atoms with Crippen molar-refractivity contribution in [3.63, 3.8) is 0 Å². The van der Waals surface area contributed by atoms with Gasteiger partial charge in [-0.2, -0.15) is 5.10 Å². The maximum Gasteiger partial charge on any atom is 0.0596 e. The summed E-state index contributed by atoms with van der Waals surface area (Å²) in [5, 5.41) is 7.95. The molecule has 0 aliphatic heterocycles. The van der Waals surface area contributed by atoms with E-state index in [1.54, 1.807) is 0 Å². The molecule has 2 rings (SSSR count). The largest absolute Gasteiger partial charge is 0.316 e. The Hall–Kier alpha value is -1.61. The van der Waals surface area contributed by atoms with Gasteiger partial charge in [-0.25, -0.2) is 0 Å². The first-order chi connectivity index (χ1) is 9.61. The lowest BCUT2D eigenvalue weighted by atomic mass is 9.90. The summed E-state index contributed by atoms with van der Waals surface area (Å²) in [5.41, 5.74) is 5.20. The normalized spacial score (nSPS) is 12.6. The van der Waals surface area contributed by atoms with E-state index in [-0.39, 0.29) is 0 Å². The topological polar surface area (TPSA) is 29.9 Å². The zero-order valence-electron chi connectivity index (χ0n) is 13.0. The third-order valence-electron chi connectivity index (χ3n) is 3.82. The van der Waals surface area contributed by atoms with Crippen LogP contribution in [-0.2, 0) is 13.5 Å². The van der Waals surface area contributed by atoms with Gasteiger partial charge in [0.25, 0.3) is 0 Å². The molecule has 0 radical (unpaired) electrons. The second-order valence-electron chi connectivity index (χ2n) is 5.47. The Morgan fingerprint density at radius 2 is 2.00 bits per heavy atom. The van der Waals surface area contributed by atoms with Gasteiger partial charge in [0.1, 0.15) is 0 Å². The van der Waals surface area contributed by atoms with Crippen LogP contribution in [0.15, 0.2) is 30.3 Å². The lowest BCUT2D eigenvalue weighted by molar-refractivity contribution is 0.568. The van der Waals surface area contributed by atoms with E-state index in [0.717, 1.165) is 25.2 Å². The molecule has 3 nitrogen and oxygen atoms in total. The summed E-state index contributed by atoms with van der Waals surface area (Å²) in [6, 6.07) is 10.9. The van der Waals surface area contributed by atoms with E-state index < -0.39 is 0 Å². The van der Waals surface area contributed by atoms with Crippen molar-refractivity contribution in [2.45, 2.75) is 33.1 Å². The van der Waals surface area contributed by atoms with E-state index in [0.29, 0.717) is 5.92 Å². The molecule has 0 saturated heterocycles. The highest BCUT2D eigenvalue weighted by Gasteiger charge is 2.16. The number of benzene rings is 1. The maximum absolute atomic E-state index is 4.46. The van der Waals surface area contributed by atoms with E-state index in [1.807, 2.05) is 11.7 Å². The fourth-order valence-corrected chi connectivity index (χ4v) is 2.76. The van der Waals surface area contributed by atoms with Gasteiger partial charge in [0, 0.05) is 25.2 Å². The number of rotatable bonds is 6. The second kappa shape index (κ2) is 6.71. The number of nitrogens with one attached hydrogen (secondary N) is 1. The van der Waals surface area contributed by atoms with Gasteiger partial charge in [-0.15, -0.1) is 0 Å². The summed E-state index contributed by atoms with van der Waals surface area (Å²) in [6.45, 7) is 8.42. The Morgan fingerprint density at radius 1 is 1.25 bits per heavy atom. The van der Waals surface area contributed by atoms with Crippen LogP contribution in [0.1, 0.15) is 35.4 Å². The zero-order chi connectivity index (χ0) is 14.5. The number of hydrogen-bond donors (Lipinski definition) is 1. The summed E-state index contributed by atoms with van der Waals surface area (Å²) in [5.74, 6) is 0.492. The SMILES string of the molecule is CCNCC(Cc1cc(C)nn1C)c1ccccc1C. The quantitative estimate of drug-likeness (QED) is 0.875. The molecule has 20 heavy (non-hydrogen) atoms. The lowest BCUT2D eigenvalue weighted by Gasteiger charge is -2.20. The number of likely N-dealkylation sites (N-methyl/N-ethyl adjacent to an activating group) is 1. The summed E-state index contributed by atoms with van der Waals surface area (Å²) in [4.78, 5) is 0. The first-order valence-corrected chi connectivity index (χ1v) is 7.37. The monoisotopic (exact) mass is 271 g/mol. The molecule has 1 atom stereocenters. The summed E-state index contributed by atoms with van der Waals surface area (Å²) in [7, 11) is 2.03. The van der Waals surface area contributed by atoms with Gasteiger partial charge in [-0.3, -0.25) is 4.68 Å². The fraction of sp³-hybridized carbons (Fsp3) is 0.471. The average Bonchev–Trinajstić information content (AvgIpc) is 2.73. The average molecular weight is 271 g/mol. The molecule has 0 aliphatic carbocycles. The van der Waals surface area contributed by atoms with Crippen LogP contribution in [-0.4, -0.2) is 22.9 Å². The van der Waals surface area contributed by atoms with Gasteiger partial charge in [-0.05, 0) is 44.0 Å². The number of aromatic nitrogens is 2. The molecular weight excluding hydrogens is 246 g/mol. The molecule has 0 aliphatic rings. The van der Waals surface area contributed by atoms with Crippen molar-refractivity contribution in [1.82, 2.24) is 15.1 Å². The molecule has 0 fully saturated rings. The lowest BCUT2D eigenvalue weighted by Crippen LogP contribution is -2.24. The van der Waals surface area contributed by atoms with E-state index in [9.17, 15) is 0 Å². The van der Waals surface area contributed by atoms with E-state index in [2.05, 4.69) is 61.5 Å². The van der Waals surface area contributed by atoms with Gasteiger partial charge in [0.2, 0.25) is 0 Å². The van der Waals surface area contributed by atoms with E-state index >= 15 is 0 Å². The molecule has 3 heteroatoms. The van der Waals surface area contributed by atoms with Crippen molar-refractivity contribution in [1.29, 1.82) is 0 Å². The summed E-state index contributed by atoms with van der Waals surface area (Å²) >= 11 is 0. The van der Waals surface area contributed by atoms with Crippen molar-refractivity contribution in [3.05, 3.63) is 52.8 Å². The van der Waals surface area contributed by atoms with Crippen molar-refractivity contribution in [2.75, 3.05) is 13.1 Å². The number of hydrogen-bond acceptors (Lipinski definition) is 2. The Kier molecular flexibility index (Phi) is 4.96. The first kappa shape index (κ1) is 14.8. The van der Waals surface area contributed by atoms with Gasteiger partial charge < -0.3 is 5.32 Å². The van der Waals surface area contributed by atoms with Crippen LogP contribution < -0.4 is 5.32 Å². The molecule has 0 spiro atoms. The Labute approximate surface area is 122 Å². The number of nitrogens with zero attached hydrogens (tertiary/aromatic N) is 2. The van der Waals surface area contributed by atoms with E-state index in [1.165, 1.54) is 16.8 Å². The maximum atomic E-state index is 4.46. The molecule has 0 amide bonds. The van der Waals surface area contributed by atoms with Gasteiger partial charge in [0.05, 0.1) is 5.69 Å². The Morgan fingerprint density at radius 3 is 2.60 bits per heavy atom. The van der Waals surface area contributed by atoms with Crippen LogP contribution in [0.25, 0.3) is 0 Å². The third-order valence-corrected chi connectivity index (χ3v) is 3.82. The highest BCUT2D eigenvalue weighted by atomic mass is 15.3.